The molecule has 3 heterocycles. The van der Waals surface area contributed by atoms with Crippen LogP contribution >= 0.6 is 11.3 Å². The molecule has 0 radical (unpaired) electrons. The predicted molar refractivity (Wildman–Crippen MR) is 119 cm³/mol. The molecule has 2 saturated heterocycles. The van der Waals surface area contributed by atoms with Crippen molar-refractivity contribution in [3.63, 3.8) is 0 Å². The number of anilines is 1. The number of nitrogens with one attached hydrogen (secondary N) is 1. The lowest BCUT2D eigenvalue weighted by atomic mass is 9.90. The van der Waals surface area contributed by atoms with Crippen LogP contribution < -0.4 is 10.2 Å². The minimum atomic E-state index is 0.0237. The Morgan fingerprint density at radius 3 is 2.66 bits per heavy atom. The smallest absolute Gasteiger partial charge is 0.217 e. The molecule has 1 N–H and O–H groups in total. The number of benzene rings is 1. The minimum Gasteiger partial charge on any atom is -0.372 e. The molecule has 0 bridgehead atoms. The van der Waals surface area contributed by atoms with Gasteiger partial charge in [-0.1, -0.05) is 12.1 Å². The van der Waals surface area contributed by atoms with Gasteiger partial charge in [-0.15, -0.1) is 11.3 Å². The molecule has 0 spiro atoms. The number of hydrogen-bond acceptors (Lipinski definition) is 5. The molecule has 2 aliphatic rings. The molecule has 2 fully saturated rings. The number of likely N-dealkylation sites (tertiary alicyclic amines) is 1. The first-order chi connectivity index (χ1) is 14.2. The molecule has 2 aliphatic heterocycles. The monoisotopic (exact) mass is 412 g/mol. The topological polar surface area (TPSA) is 48.5 Å². The lowest BCUT2D eigenvalue weighted by Crippen LogP contribution is -2.42. The first kappa shape index (κ1) is 20.4. The number of carbonyl (C=O) groups excluding carboxylic acids is 1. The summed E-state index contributed by atoms with van der Waals surface area (Å²) in [5.41, 5.74) is 2.73. The van der Waals surface area contributed by atoms with Crippen molar-refractivity contribution in [1.82, 2.24) is 15.2 Å². The van der Waals surface area contributed by atoms with Gasteiger partial charge in [-0.2, -0.15) is 0 Å². The Hall–Kier alpha value is -1.92. The lowest BCUT2D eigenvalue weighted by Gasteiger charge is -2.36. The summed E-state index contributed by atoms with van der Waals surface area (Å²) < 4.78 is 0. The molecule has 0 aliphatic carbocycles. The van der Waals surface area contributed by atoms with Crippen LogP contribution in [0.5, 0.6) is 0 Å². The van der Waals surface area contributed by atoms with Crippen molar-refractivity contribution in [2.45, 2.75) is 51.6 Å². The van der Waals surface area contributed by atoms with Gasteiger partial charge in [0.25, 0.3) is 0 Å². The third-order valence-corrected chi connectivity index (χ3v) is 7.01. The van der Waals surface area contributed by atoms with Gasteiger partial charge in [0.15, 0.2) is 0 Å². The Morgan fingerprint density at radius 1 is 1.17 bits per heavy atom. The number of nitrogens with zero attached hydrogens (tertiary/aromatic N) is 3. The molecule has 1 aromatic carbocycles. The van der Waals surface area contributed by atoms with E-state index in [0.29, 0.717) is 5.92 Å². The number of piperidine rings is 2. The summed E-state index contributed by atoms with van der Waals surface area (Å²) in [6, 6.07) is 9.19. The van der Waals surface area contributed by atoms with Gasteiger partial charge in [0.1, 0.15) is 5.01 Å². The summed E-state index contributed by atoms with van der Waals surface area (Å²) in [5, 5.41) is 6.18. The van der Waals surface area contributed by atoms with Crippen molar-refractivity contribution >= 4 is 22.9 Å². The van der Waals surface area contributed by atoms with Crippen LogP contribution in [0.4, 0.5) is 5.69 Å². The van der Waals surface area contributed by atoms with Crippen molar-refractivity contribution in [2.24, 2.45) is 5.92 Å². The summed E-state index contributed by atoms with van der Waals surface area (Å²) in [5.74, 6) is 0.432. The highest BCUT2D eigenvalue weighted by Gasteiger charge is 2.30. The van der Waals surface area contributed by atoms with Crippen molar-refractivity contribution in [3.8, 4) is 0 Å². The van der Waals surface area contributed by atoms with Gasteiger partial charge in [0, 0.05) is 50.4 Å². The van der Waals surface area contributed by atoms with Crippen LogP contribution in [0.1, 0.15) is 55.6 Å². The largest absolute Gasteiger partial charge is 0.372 e. The predicted octanol–water partition coefficient (Wildman–Crippen LogP) is 4.22. The SMILES string of the molecule is CC(=O)N[C@H](c1nccs1)[C@H]1CCCN(Cc2ccc(N3CCCCC3)cc2)C1. The first-order valence-electron chi connectivity index (χ1n) is 10.9. The van der Waals surface area contributed by atoms with E-state index in [1.54, 1.807) is 18.3 Å². The summed E-state index contributed by atoms with van der Waals surface area (Å²) in [4.78, 5) is 21.3. The maximum Gasteiger partial charge on any atom is 0.217 e. The van der Waals surface area contributed by atoms with Crippen molar-refractivity contribution in [2.75, 3.05) is 31.1 Å². The van der Waals surface area contributed by atoms with Gasteiger partial charge >= 0.3 is 0 Å². The Labute approximate surface area is 178 Å². The molecule has 156 valence electrons. The van der Waals surface area contributed by atoms with Crippen LogP contribution in [-0.4, -0.2) is 42.0 Å². The molecule has 0 saturated carbocycles. The maximum atomic E-state index is 11.8. The van der Waals surface area contributed by atoms with E-state index >= 15 is 0 Å². The first-order valence-corrected chi connectivity index (χ1v) is 11.8. The van der Waals surface area contributed by atoms with E-state index in [4.69, 9.17) is 0 Å². The fourth-order valence-electron chi connectivity index (χ4n) is 4.72. The number of amides is 1. The highest BCUT2D eigenvalue weighted by atomic mass is 32.1. The van der Waals surface area contributed by atoms with Gasteiger partial charge in [0.05, 0.1) is 6.04 Å². The second kappa shape index (κ2) is 9.72. The summed E-state index contributed by atoms with van der Waals surface area (Å²) in [6.07, 6.45) is 8.12. The number of rotatable bonds is 6. The zero-order valence-corrected chi connectivity index (χ0v) is 18.2. The van der Waals surface area contributed by atoms with Crippen LogP contribution in [0.25, 0.3) is 0 Å². The van der Waals surface area contributed by atoms with Crippen LogP contribution in [0.3, 0.4) is 0 Å². The van der Waals surface area contributed by atoms with E-state index in [1.165, 1.54) is 43.6 Å². The molecular formula is C23H32N4OS. The van der Waals surface area contributed by atoms with Gasteiger partial charge in [-0.3, -0.25) is 9.69 Å². The number of aromatic nitrogens is 1. The molecule has 5 nitrogen and oxygen atoms in total. The van der Waals surface area contributed by atoms with Crippen molar-refractivity contribution < 1.29 is 4.79 Å². The van der Waals surface area contributed by atoms with Crippen LogP contribution in [0, 0.1) is 5.92 Å². The van der Waals surface area contributed by atoms with E-state index < -0.39 is 0 Å². The Kier molecular flexibility index (Phi) is 6.82. The molecule has 2 aromatic rings. The summed E-state index contributed by atoms with van der Waals surface area (Å²) >= 11 is 1.64. The standard InChI is InChI=1S/C23H32N4OS/c1-18(28)25-22(23-24-11-15-29-23)20-6-5-12-26(17-20)16-19-7-9-21(10-8-19)27-13-3-2-4-14-27/h7-11,15,20,22H,2-6,12-14,16-17H2,1H3,(H,25,28)/t20-,22-/m0/s1. The minimum absolute atomic E-state index is 0.0237. The second-order valence-corrected chi connectivity index (χ2v) is 9.33. The van der Waals surface area contributed by atoms with Crippen LogP contribution in [-0.2, 0) is 11.3 Å². The highest BCUT2D eigenvalue weighted by molar-refractivity contribution is 7.09. The molecule has 29 heavy (non-hydrogen) atoms. The van der Waals surface area contributed by atoms with Crippen LogP contribution in [0.2, 0.25) is 0 Å². The molecule has 0 unspecified atom stereocenters. The molecule has 1 aromatic heterocycles. The molecule has 4 rings (SSSR count). The zero-order valence-electron chi connectivity index (χ0n) is 17.3. The van der Waals surface area contributed by atoms with Gasteiger partial charge < -0.3 is 10.2 Å². The van der Waals surface area contributed by atoms with Gasteiger partial charge in [-0.25, -0.2) is 4.98 Å². The second-order valence-electron chi connectivity index (χ2n) is 8.40. The van der Waals surface area contributed by atoms with Gasteiger partial charge in [-0.05, 0) is 62.3 Å². The number of thiazole rings is 1. The van der Waals surface area contributed by atoms with E-state index in [9.17, 15) is 4.79 Å². The van der Waals surface area contributed by atoms with Crippen molar-refractivity contribution in [1.29, 1.82) is 0 Å². The zero-order chi connectivity index (χ0) is 20.1. The van der Waals surface area contributed by atoms with Crippen LogP contribution in [0.15, 0.2) is 35.8 Å². The third-order valence-electron chi connectivity index (χ3n) is 6.15. The fraction of sp³-hybridized carbons (Fsp3) is 0.565. The van der Waals surface area contributed by atoms with Gasteiger partial charge in [0.2, 0.25) is 5.91 Å². The average Bonchev–Trinajstić information content (AvgIpc) is 3.28. The van der Waals surface area contributed by atoms with E-state index in [2.05, 4.69) is 44.4 Å². The van der Waals surface area contributed by atoms with E-state index in [1.807, 2.05) is 11.6 Å². The fourth-order valence-corrected chi connectivity index (χ4v) is 5.50. The molecule has 2 atom stereocenters. The third kappa shape index (κ3) is 5.37. The van der Waals surface area contributed by atoms with Crippen molar-refractivity contribution in [3.05, 3.63) is 46.4 Å². The lowest BCUT2D eigenvalue weighted by molar-refractivity contribution is -0.120. The number of hydrogen-bond donors (Lipinski definition) is 1. The average molecular weight is 413 g/mol. The maximum absolute atomic E-state index is 11.8. The Balaban J connectivity index is 1.38. The summed E-state index contributed by atoms with van der Waals surface area (Å²) in [7, 11) is 0. The molecule has 1 amide bonds. The molecule has 6 heteroatoms. The quantitative estimate of drug-likeness (QED) is 0.772. The summed E-state index contributed by atoms with van der Waals surface area (Å²) in [6.45, 7) is 7.07. The normalized spacial score (nSPS) is 21.7. The highest BCUT2D eigenvalue weighted by Crippen LogP contribution is 2.31. The van der Waals surface area contributed by atoms with E-state index in [0.717, 1.165) is 37.5 Å². The number of carbonyl (C=O) groups is 1. The van der Waals surface area contributed by atoms with E-state index in [-0.39, 0.29) is 11.9 Å². The molecular weight excluding hydrogens is 380 g/mol. The Bertz CT molecular complexity index is 771. The Morgan fingerprint density at radius 2 is 1.97 bits per heavy atom.